The first kappa shape index (κ1) is 20.0. The average Bonchev–Trinajstić information content (AvgIpc) is 2.63. The number of rotatable bonds is 2. The van der Waals surface area contributed by atoms with Crippen molar-refractivity contribution in [3.8, 4) is 6.07 Å². The van der Waals surface area contributed by atoms with Crippen molar-refractivity contribution in [2.45, 2.75) is 44.8 Å². The van der Waals surface area contributed by atoms with Crippen LogP contribution in [0.1, 0.15) is 55.4 Å². The lowest BCUT2D eigenvalue weighted by atomic mass is 9.80. The van der Waals surface area contributed by atoms with Gasteiger partial charge in [-0.3, -0.25) is 0 Å². The molecule has 0 radical (unpaired) electrons. The lowest BCUT2D eigenvalue weighted by Crippen LogP contribution is -2.45. The van der Waals surface area contributed by atoms with Crippen molar-refractivity contribution in [1.29, 1.82) is 5.26 Å². The Morgan fingerprint density at radius 1 is 1.18 bits per heavy atom. The van der Waals surface area contributed by atoms with Crippen LogP contribution in [0.3, 0.4) is 0 Å². The second-order valence-electron chi connectivity index (χ2n) is 8.04. The first-order valence-corrected chi connectivity index (χ1v) is 9.20. The van der Waals surface area contributed by atoms with E-state index in [4.69, 9.17) is 0 Å². The van der Waals surface area contributed by atoms with E-state index < -0.39 is 11.7 Å². The Balaban J connectivity index is 1.97. The number of nitriles is 1. The number of fused-ring (bicyclic) bond motifs is 1. The van der Waals surface area contributed by atoms with Crippen LogP contribution in [0.15, 0.2) is 42.5 Å². The van der Waals surface area contributed by atoms with Crippen LogP contribution < -0.4 is 4.90 Å². The fourth-order valence-electron chi connectivity index (χ4n) is 3.87. The molecule has 0 amide bonds. The molecule has 1 aliphatic rings. The summed E-state index contributed by atoms with van der Waals surface area (Å²) < 4.78 is 38.2. The fourth-order valence-corrected chi connectivity index (χ4v) is 3.87. The van der Waals surface area contributed by atoms with Crippen molar-refractivity contribution in [2.75, 3.05) is 11.9 Å². The highest BCUT2D eigenvalue weighted by Crippen LogP contribution is 2.43. The molecule has 0 saturated carbocycles. The van der Waals surface area contributed by atoms with Crippen LogP contribution in [0.5, 0.6) is 0 Å². The van der Waals surface area contributed by atoms with Crippen LogP contribution in [-0.2, 0) is 6.18 Å². The molecule has 146 valence electrons. The summed E-state index contributed by atoms with van der Waals surface area (Å²) in [5, 5.41) is 9.52. The molecule has 1 heterocycles. The number of halogens is 3. The highest BCUT2D eigenvalue weighted by Gasteiger charge is 2.34. The van der Waals surface area contributed by atoms with Gasteiger partial charge in [-0.2, -0.15) is 18.4 Å². The molecule has 0 saturated heterocycles. The number of anilines is 1. The largest absolute Gasteiger partial charge is 0.416 e. The summed E-state index contributed by atoms with van der Waals surface area (Å²) in [5.74, 6) is 0.381. The van der Waals surface area contributed by atoms with Gasteiger partial charge in [-0.25, -0.2) is 0 Å². The third kappa shape index (κ3) is 3.77. The van der Waals surface area contributed by atoms with Gasteiger partial charge in [0.15, 0.2) is 0 Å². The molecule has 3 rings (SSSR count). The van der Waals surface area contributed by atoms with E-state index >= 15 is 0 Å². The van der Waals surface area contributed by atoms with E-state index in [9.17, 15) is 18.4 Å². The molecule has 1 unspecified atom stereocenters. The van der Waals surface area contributed by atoms with Gasteiger partial charge in [0.05, 0.1) is 17.2 Å². The minimum absolute atomic E-state index is 0.0712. The number of alkyl halides is 3. The zero-order chi connectivity index (χ0) is 20.7. The second-order valence-corrected chi connectivity index (χ2v) is 8.04. The molecule has 2 nitrogen and oxygen atoms in total. The molecule has 1 aliphatic heterocycles. The summed E-state index contributed by atoms with van der Waals surface area (Å²) in [6.45, 7) is 6.64. The second kappa shape index (κ2) is 7.01. The van der Waals surface area contributed by atoms with E-state index in [0.717, 1.165) is 24.1 Å². The molecule has 0 aromatic heterocycles. The van der Waals surface area contributed by atoms with E-state index in [1.165, 1.54) is 23.4 Å². The van der Waals surface area contributed by atoms with Crippen molar-refractivity contribution in [3.05, 3.63) is 64.7 Å². The molecule has 0 spiro atoms. The molecule has 0 bridgehead atoms. The number of nitrogens with zero attached hydrogens (tertiary/aromatic N) is 2. The van der Waals surface area contributed by atoms with Gasteiger partial charge in [-0.1, -0.05) is 25.1 Å². The zero-order valence-electron chi connectivity index (χ0n) is 16.4. The van der Waals surface area contributed by atoms with E-state index in [-0.39, 0.29) is 5.54 Å². The van der Waals surface area contributed by atoms with Gasteiger partial charge in [0.25, 0.3) is 0 Å². The third-order valence-corrected chi connectivity index (χ3v) is 5.61. The van der Waals surface area contributed by atoms with Crippen molar-refractivity contribution in [3.63, 3.8) is 0 Å². The summed E-state index contributed by atoms with van der Waals surface area (Å²) in [5.41, 5.74) is 3.43. The molecule has 2 aromatic carbocycles. The van der Waals surface area contributed by atoms with Gasteiger partial charge in [-0.05, 0) is 73.2 Å². The molecular weight excluding hydrogens is 361 g/mol. The van der Waals surface area contributed by atoms with Crippen molar-refractivity contribution in [2.24, 2.45) is 0 Å². The number of benzene rings is 2. The van der Waals surface area contributed by atoms with Crippen LogP contribution in [0.4, 0.5) is 18.9 Å². The molecule has 2 aromatic rings. The quantitative estimate of drug-likeness (QED) is 0.437. The van der Waals surface area contributed by atoms with Crippen LogP contribution >= 0.6 is 0 Å². The van der Waals surface area contributed by atoms with Crippen molar-refractivity contribution >= 4 is 17.3 Å². The van der Waals surface area contributed by atoms with Crippen LogP contribution in [0.25, 0.3) is 11.6 Å². The zero-order valence-corrected chi connectivity index (χ0v) is 16.4. The summed E-state index contributed by atoms with van der Waals surface area (Å²) in [6.07, 6.45) is -1.63. The SMILES string of the molecule is CC1CC(C)(C)N(C)c2ccc(/C=C(\C#N)c3ccc(C(F)(F)F)cc3)cc21. The predicted octanol–water partition coefficient (Wildman–Crippen LogP) is 6.49. The Hall–Kier alpha value is -2.74. The van der Waals surface area contributed by atoms with Gasteiger partial charge in [0, 0.05) is 18.3 Å². The third-order valence-electron chi connectivity index (χ3n) is 5.61. The average molecular weight is 384 g/mol. The van der Waals surface area contributed by atoms with E-state index in [2.05, 4.69) is 50.9 Å². The Bertz CT molecular complexity index is 947. The normalized spacial score (nSPS) is 19.1. The van der Waals surface area contributed by atoms with Crippen LogP contribution in [0, 0.1) is 11.3 Å². The fraction of sp³-hybridized carbons (Fsp3) is 0.348. The molecule has 28 heavy (non-hydrogen) atoms. The summed E-state index contributed by atoms with van der Waals surface area (Å²) in [4.78, 5) is 2.27. The number of allylic oxidation sites excluding steroid dienone is 1. The van der Waals surface area contributed by atoms with Crippen molar-refractivity contribution in [1.82, 2.24) is 0 Å². The Morgan fingerprint density at radius 3 is 2.39 bits per heavy atom. The number of hydrogen-bond acceptors (Lipinski definition) is 2. The maximum absolute atomic E-state index is 12.7. The van der Waals surface area contributed by atoms with Gasteiger partial charge in [-0.15, -0.1) is 0 Å². The van der Waals surface area contributed by atoms with Crippen LogP contribution in [-0.4, -0.2) is 12.6 Å². The summed E-state index contributed by atoms with van der Waals surface area (Å²) in [7, 11) is 2.09. The lowest BCUT2D eigenvalue weighted by molar-refractivity contribution is -0.137. The Labute approximate surface area is 163 Å². The summed E-state index contributed by atoms with van der Waals surface area (Å²) >= 11 is 0. The highest BCUT2D eigenvalue weighted by atomic mass is 19.4. The molecule has 0 aliphatic carbocycles. The molecule has 1 atom stereocenters. The topological polar surface area (TPSA) is 27.0 Å². The Kier molecular flexibility index (Phi) is 5.01. The van der Waals surface area contributed by atoms with Gasteiger partial charge >= 0.3 is 6.18 Å². The molecule has 0 fully saturated rings. The standard InChI is InChI=1S/C23H23F3N2/c1-15-13-22(2,3)28(4)21-10-5-16(12-20(15)21)11-18(14-27)17-6-8-19(9-7-17)23(24,25)26/h5-12,15H,13H2,1-4H3/b18-11+. The van der Waals surface area contributed by atoms with Gasteiger partial charge in [0.1, 0.15) is 0 Å². The summed E-state index contributed by atoms with van der Waals surface area (Å²) in [6, 6.07) is 12.9. The minimum Gasteiger partial charge on any atom is -0.369 e. The molecule has 0 N–H and O–H groups in total. The smallest absolute Gasteiger partial charge is 0.369 e. The highest BCUT2D eigenvalue weighted by molar-refractivity contribution is 5.90. The maximum Gasteiger partial charge on any atom is 0.416 e. The molecular formula is C23H23F3N2. The van der Waals surface area contributed by atoms with Gasteiger partial charge < -0.3 is 4.90 Å². The molecule has 5 heteroatoms. The van der Waals surface area contributed by atoms with E-state index in [1.54, 1.807) is 6.08 Å². The number of hydrogen-bond donors (Lipinski definition) is 0. The van der Waals surface area contributed by atoms with E-state index in [1.807, 2.05) is 6.07 Å². The monoisotopic (exact) mass is 384 g/mol. The first-order chi connectivity index (χ1) is 13.0. The van der Waals surface area contributed by atoms with Crippen molar-refractivity contribution < 1.29 is 13.2 Å². The Morgan fingerprint density at radius 2 is 1.82 bits per heavy atom. The minimum atomic E-state index is -4.39. The van der Waals surface area contributed by atoms with E-state index in [0.29, 0.717) is 17.1 Å². The maximum atomic E-state index is 12.7. The van der Waals surface area contributed by atoms with Crippen LogP contribution in [0.2, 0.25) is 0 Å². The predicted molar refractivity (Wildman–Crippen MR) is 107 cm³/mol. The first-order valence-electron chi connectivity index (χ1n) is 9.20. The van der Waals surface area contributed by atoms with Gasteiger partial charge in [0.2, 0.25) is 0 Å². The lowest BCUT2D eigenvalue weighted by Gasteiger charge is -2.45.